The smallest absolute Gasteiger partial charge is 0.263 e. The average Bonchev–Trinajstić information content (AvgIpc) is 2.49. The molecule has 0 radical (unpaired) electrons. The number of aromatic nitrogens is 1. The van der Waals surface area contributed by atoms with Crippen LogP contribution in [0.25, 0.3) is 0 Å². The lowest BCUT2D eigenvalue weighted by Gasteiger charge is -2.26. The van der Waals surface area contributed by atoms with Gasteiger partial charge in [0.2, 0.25) is 0 Å². The number of carbonyl (C=O) groups is 1. The zero-order chi connectivity index (χ0) is 9.97. The molecule has 1 aliphatic heterocycles. The van der Waals surface area contributed by atoms with Gasteiger partial charge in [-0.2, -0.15) is 0 Å². The van der Waals surface area contributed by atoms with Gasteiger partial charge >= 0.3 is 0 Å². The molecule has 1 fully saturated rings. The van der Waals surface area contributed by atoms with Gasteiger partial charge in [-0.3, -0.25) is 4.79 Å². The van der Waals surface area contributed by atoms with Crippen molar-refractivity contribution in [1.82, 2.24) is 15.6 Å². The minimum absolute atomic E-state index is 0. The maximum atomic E-state index is 11.5. The van der Waals surface area contributed by atoms with E-state index in [9.17, 15) is 4.79 Å². The monoisotopic (exact) mass is 247 g/mol. The molecule has 0 spiro atoms. The first-order valence-electron chi connectivity index (χ1n) is 4.67. The highest BCUT2D eigenvalue weighted by molar-refractivity contribution is 7.13. The van der Waals surface area contributed by atoms with E-state index in [1.54, 1.807) is 6.20 Å². The highest BCUT2D eigenvalue weighted by Gasteiger charge is 2.18. The van der Waals surface area contributed by atoms with Gasteiger partial charge in [0.15, 0.2) is 0 Å². The van der Waals surface area contributed by atoms with Crippen molar-refractivity contribution in [3.05, 3.63) is 16.1 Å². The summed E-state index contributed by atoms with van der Waals surface area (Å²) in [4.78, 5) is 16.3. The molecule has 1 aliphatic rings. The molecule has 2 rings (SSSR count). The van der Waals surface area contributed by atoms with Crippen LogP contribution >= 0.6 is 23.7 Å². The maximum absolute atomic E-state index is 11.5. The van der Waals surface area contributed by atoms with Crippen LogP contribution in [-0.4, -0.2) is 30.5 Å². The second-order valence-corrected chi connectivity index (χ2v) is 4.71. The van der Waals surface area contributed by atoms with Crippen LogP contribution in [0.2, 0.25) is 0 Å². The fraction of sp³-hybridized carbons (Fsp3) is 0.556. The van der Waals surface area contributed by atoms with Crippen molar-refractivity contribution >= 4 is 29.7 Å². The van der Waals surface area contributed by atoms with Crippen LogP contribution in [0.15, 0.2) is 6.20 Å². The Hall–Kier alpha value is -0.650. The number of rotatable bonds is 3. The number of carbonyl (C=O) groups excluding carboxylic acids is 1. The van der Waals surface area contributed by atoms with E-state index in [-0.39, 0.29) is 18.3 Å². The number of nitrogens with zero attached hydrogens (tertiary/aromatic N) is 1. The van der Waals surface area contributed by atoms with Crippen LogP contribution in [-0.2, 0) is 0 Å². The van der Waals surface area contributed by atoms with Gasteiger partial charge in [0.1, 0.15) is 4.88 Å². The summed E-state index contributed by atoms with van der Waals surface area (Å²) >= 11 is 1.43. The minimum atomic E-state index is 0. The summed E-state index contributed by atoms with van der Waals surface area (Å²) in [6.07, 6.45) is 1.63. The van der Waals surface area contributed by atoms with Crippen molar-refractivity contribution in [2.75, 3.05) is 19.6 Å². The Balaban J connectivity index is 0.00000112. The number of halogens is 1. The molecule has 0 bridgehead atoms. The van der Waals surface area contributed by atoms with E-state index in [0.29, 0.717) is 10.8 Å². The molecule has 6 heteroatoms. The van der Waals surface area contributed by atoms with Gasteiger partial charge in [0, 0.05) is 25.6 Å². The van der Waals surface area contributed by atoms with Crippen LogP contribution in [0.3, 0.4) is 0 Å². The number of hydrogen-bond donors (Lipinski definition) is 2. The third kappa shape index (κ3) is 3.15. The summed E-state index contributed by atoms with van der Waals surface area (Å²) in [5, 5.41) is 7.00. The zero-order valence-corrected chi connectivity index (χ0v) is 10.1. The molecule has 1 amide bonds. The van der Waals surface area contributed by atoms with Crippen LogP contribution in [0, 0.1) is 12.8 Å². The van der Waals surface area contributed by atoms with E-state index in [1.165, 1.54) is 11.3 Å². The molecule has 1 aromatic heterocycles. The Labute approximate surface area is 98.9 Å². The number of aryl methyl sites for hydroxylation is 1. The third-order valence-corrected chi connectivity index (χ3v) is 3.17. The van der Waals surface area contributed by atoms with Gasteiger partial charge in [-0.05, 0) is 6.92 Å². The summed E-state index contributed by atoms with van der Waals surface area (Å²) in [6.45, 7) is 4.70. The lowest BCUT2D eigenvalue weighted by atomic mass is 10.0. The predicted octanol–water partition coefficient (Wildman–Crippen LogP) is 0.823. The van der Waals surface area contributed by atoms with E-state index in [0.717, 1.165) is 24.6 Å². The van der Waals surface area contributed by atoms with E-state index in [2.05, 4.69) is 15.6 Å². The average molecular weight is 248 g/mol. The Morgan fingerprint density at radius 2 is 2.47 bits per heavy atom. The maximum Gasteiger partial charge on any atom is 0.263 e. The van der Waals surface area contributed by atoms with Crippen molar-refractivity contribution in [3.8, 4) is 0 Å². The molecular formula is C9H14ClN3OS. The highest BCUT2D eigenvalue weighted by atomic mass is 35.5. The lowest BCUT2D eigenvalue weighted by molar-refractivity contribution is 0.0946. The van der Waals surface area contributed by atoms with Gasteiger partial charge < -0.3 is 10.6 Å². The van der Waals surface area contributed by atoms with Crippen molar-refractivity contribution in [3.63, 3.8) is 0 Å². The second-order valence-electron chi connectivity index (χ2n) is 3.48. The number of amides is 1. The second kappa shape index (κ2) is 5.44. The Morgan fingerprint density at radius 1 is 1.73 bits per heavy atom. The fourth-order valence-electron chi connectivity index (χ4n) is 1.28. The summed E-state index contributed by atoms with van der Waals surface area (Å²) in [5.74, 6) is 0.607. The molecule has 0 aliphatic carbocycles. The lowest BCUT2D eigenvalue weighted by Crippen LogP contribution is -2.48. The molecule has 0 atom stereocenters. The van der Waals surface area contributed by atoms with Crippen LogP contribution in [0.5, 0.6) is 0 Å². The first-order valence-corrected chi connectivity index (χ1v) is 5.48. The molecule has 0 unspecified atom stereocenters. The van der Waals surface area contributed by atoms with Crippen LogP contribution in [0.1, 0.15) is 14.7 Å². The van der Waals surface area contributed by atoms with Crippen molar-refractivity contribution < 1.29 is 4.79 Å². The molecule has 84 valence electrons. The van der Waals surface area contributed by atoms with E-state index in [4.69, 9.17) is 0 Å². The zero-order valence-electron chi connectivity index (χ0n) is 8.45. The van der Waals surface area contributed by atoms with Gasteiger partial charge in [0.25, 0.3) is 5.91 Å². The standard InChI is InChI=1S/C9H13N3OS.ClH/c1-6-11-5-8(14-6)9(13)12-4-7-2-10-3-7;/h5,7,10H,2-4H2,1H3,(H,12,13);1H. The third-order valence-electron chi connectivity index (χ3n) is 2.26. The molecule has 2 N–H and O–H groups in total. The van der Waals surface area contributed by atoms with Gasteiger partial charge in [-0.25, -0.2) is 4.98 Å². The van der Waals surface area contributed by atoms with Crippen molar-refractivity contribution in [2.45, 2.75) is 6.92 Å². The minimum Gasteiger partial charge on any atom is -0.351 e. The summed E-state index contributed by atoms with van der Waals surface area (Å²) < 4.78 is 0. The first-order chi connectivity index (χ1) is 6.75. The molecule has 2 heterocycles. The molecular weight excluding hydrogens is 234 g/mol. The van der Waals surface area contributed by atoms with Crippen molar-refractivity contribution in [2.24, 2.45) is 5.92 Å². The Kier molecular flexibility index (Phi) is 4.50. The highest BCUT2D eigenvalue weighted by Crippen LogP contribution is 2.11. The largest absolute Gasteiger partial charge is 0.351 e. The van der Waals surface area contributed by atoms with Gasteiger partial charge in [-0.1, -0.05) is 0 Å². The fourth-order valence-corrected chi connectivity index (χ4v) is 1.98. The van der Waals surface area contributed by atoms with E-state index >= 15 is 0 Å². The molecule has 4 nitrogen and oxygen atoms in total. The molecule has 1 saturated heterocycles. The summed E-state index contributed by atoms with van der Waals surface area (Å²) in [7, 11) is 0. The van der Waals surface area contributed by atoms with Crippen molar-refractivity contribution in [1.29, 1.82) is 0 Å². The van der Waals surface area contributed by atoms with Crippen LogP contribution in [0.4, 0.5) is 0 Å². The first kappa shape index (κ1) is 12.4. The molecule has 15 heavy (non-hydrogen) atoms. The quantitative estimate of drug-likeness (QED) is 0.832. The molecule has 0 aromatic carbocycles. The number of thiazole rings is 1. The normalized spacial score (nSPS) is 15.3. The molecule has 0 saturated carbocycles. The van der Waals surface area contributed by atoms with Gasteiger partial charge in [0.05, 0.1) is 11.2 Å². The SMILES string of the molecule is Cc1ncc(C(=O)NCC2CNC2)s1.Cl. The Bertz CT molecular complexity index is 338. The van der Waals surface area contributed by atoms with E-state index < -0.39 is 0 Å². The number of nitrogens with one attached hydrogen (secondary N) is 2. The number of hydrogen-bond acceptors (Lipinski definition) is 4. The van der Waals surface area contributed by atoms with Crippen LogP contribution < -0.4 is 10.6 Å². The Morgan fingerprint density at radius 3 is 2.93 bits per heavy atom. The molecule has 1 aromatic rings. The summed E-state index contributed by atoms with van der Waals surface area (Å²) in [6, 6.07) is 0. The topological polar surface area (TPSA) is 54.0 Å². The van der Waals surface area contributed by atoms with E-state index in [1.807, 2.05) is 6.92 Å². The van der Waals surface area contributed by atoms with Gasteiger partial charge in [-0.15, -0.1) is 23.7 Å². The predicted molar refractivity (Wildman–Crippen MR) is 62.8 cm³/mol. The summed E-state index contributed by atoms with van der Waals surface area (Å²) in [5.41, 5.74) is 0.